The molecule has 3 aromatic carbocycles. The normalized spacial score (nSPS) is 12.4. The summed E-state index contributed by atoms with van der Waals surface area (Å²) in [7, 11) is 0. The Morgan fingerprint density at radius 1 is 0.593 bits per heavy atom. The van der Waals surface area contributed by atoms with Crippen molar-refractivity contribution in [3.8, 4) is 0 Å². The zero-order chi connectivity index (χ0) is 18.9. The number of hydrogen-bond donors (Lipinski definition) is 2. The van der Waals surface area contributed by atoms with Crippen LogP contribution in [0.15, 0.2) is 91.0 Å². The average molecular weight is 361 g/mol. The Labute approximate surface area is 161 Å². The number of hydrogen-bond acceptors (Lipinski definition) is 3. The predicted molar refractivity (Wildman–Crippen MR) is 109 cm³/mol. The first-order chi connectivity index (χ1) is 13.3. The van der Waals surface area contributed by atoms with Gasteiger partial charge in [-0.15, -0.1) is 0 Å². The lowest BCUT2D eigenvalue weighted by molar-refractivity contribution is 0.0476. The van der Waals surface area contributed by atoms with E-state index in [1.807, 2.05) is 54.6 Å². The molecule has 0 saturated heterocycles. The number of aliphatic hydroxyl groups excluding tert-OH is 2. The fraction of sp³-hybridized carbons (Fsp3) is 0.250. The van der Waals surface area contributed by atoms with Crippen molar-refractivity contribution < 1.29 is 10.2 Å². The van der Waals surface area contributed by atoms with Gasteiger partial charge in [0.25, 0.3) is 0 Å². The lowest BCUT2D eigenvalue weighted by Gasteiger charge is -2.36. The second-order valence-corrected chi connectivity index (χ2v) is 6.86. The van der Waals surface area contributed by atoms with Gasteiger partial charge in [0.05, 0.1) is 0 Å². The number of rotatable bonds is 9. The molecule has 0 aliphatic heterocycles. The Bertz CT molecular complexity index is 732. The van der Waals surface area contributed by atoms with Crippen LogP contribution in [0.4, 0.5) is 0 Å². The lowest BCUT2D eigenvalue weighted by atomic mass is 9.91. The van der Waals surface area contributed by atoms with Gasteiger partial charge in [-0.2, -0.15) is 0 Å². The van der Waals surface area contributed by atoms with Crippen LogP contribution >= 0.6 is 0 Å². The summed E-state index contributed by atoms with van der Waals surface area (Å²) in [5, 5.41) is 19.9. The first-order valence-corrected chi connectivity index (χ1v) is 9.40. The molecule has 0 heterocycles. The standard InChI is InChI=1S/C24H27NO2/c26-18-23(19-27)24(22-14-8-3-9-15-22)25(16-20-10-4-1-5-11-20)17-21-12-6-2-7-13-21/h1-15,23-24,26-27H,16-19H2. The highest BCUT2D eigenvalue weighted by Crippen LogP contribution is 2.31. The van der Waals surface area contributed by atoms with Crippen molar-refractivity contribution in [1.29, 1.82) is 0 Å². The molecule has 0 bridgehead atoms. The maximum atomic E-state index is 9.95. The van der Waals surface area contributed by atoms with E-state index < -0.39 is 0 Å². The Morgan fingerprint density at radius 3 is 1.41 bits per heavy atom. The summed E-state index contributed by atoms with van der Waals surface area (Å²) < 4.78 is 0. The maximum absolute atomic E-state index is 9.95. The Kier molecular flexibility index (Phi) is 7.17. The molecule has 3 rings (SSSR count). The Morgan fingerprint density at radius 2 is 1.00 bits per heavy atom. The summed E-state index contributed by atoms with van der Waals surface area (Å²) in [4.78, 5) is 2.34. The summed E-state index contributed by atoms with van der Waals surface area (Å²) in [6, 6.07) is 30.8. The highest BCUT2D eigenvalue weighted by atomic mass is 16.3. The van der Waals surface area contributed by atoms with Crippen LogP contribution in [0, 0.1) is 5.92 Å². The lowest BCUT2D eigenvalue weighted by Crippen LogP contribution is -2.36. The van der Waals surface area contributed by atoms with Gasteiger partial charge in [0.15, 0.2) is 0 Å². The van der Waals surface area contributed by atoms with Crippen molar-refractivity contribution in [3.05, 3.63) is 108 Å². The fourth-order valence-corrected chi connectivity index (χ4v) is 3.58. The van der Waals surface area contributed by atoms with Gasteiger partial charge in [-0.05, 0) is 16.7 Å². The minimum atomic E-state index is -0.250. The van der Waals surface area contributed by atoms with E-state index in [1.54, 1.807) is 0 Å². The van der Waals surface area contributed by atoms with Gasteiger partial charge in [0, 0.05) is 38.3 Å². The molecule has 0 radical (unpaired) electrons. The van der Waals surface area contributed by atoms with Crippen LogP contribution in [0.5, 0.6) is 0 Å². The van der Waals surface area contributed by atoms with Crippen molar-refractivity contribution >= 4 is 0 Å². The number of benzene rings is 3. The van der Waals surface area contributed by atoms with Crippen LogP contribution < -0.4 is 0 Å². The van der Waals surface area contributed by atoms with Crippen molar-refractivity contribution in [2.24, 2.45) is 5.92 Å². The maximum Gasteiger partial charge on any atom is 0.0499 e. The molecule has 3 aromatic rings. The molecule has 2 N–H and O–H groups in total. The van der Waals surface area contributed by atoms with E-state index in [2.05, 4.69) is 41.3 Å². The highest BCUT2D eigenvalue weighted by molar-refractivity contribution is 5.23. The highest BCUT2D eigenvalue weighted by Gasteiger charge is 2.28. The third-order valence-corrected chi connectivity index (χ3v) is 4.91. The molecule has 0 aliphatic rings. The monoisotopic (exact) mass is 361 g/mol. The van der Waals surface area contributed by atoms with Crippen molar-refractivity contribution in [1.82, 2.24) is 4.90 Å². The molecule has 0 fully saturated rings. The van der Waals surface area contributed by atoms with Crippen molar-refractivity contribution in [2.45, 2.75) is 19.1 Å². The first-order valence-electron chi connectivity index (χ1n) is 9.40. The van der Waals surface area contributed by atoms with Crippen LogP contribution in [0.1, 0.15) is 22.7 Å². The van der Waals surface area contributed by atoms with Gasteiger partial charge in [-0.1, -0.05) is 91.0 Å². The summed E-state index contributed by atoms with van der Waals surface area (Å²) in [6.07, 6.45) is 0. The SMILES string of the molecule is OCC(CO)C(c1ccccc1)N(Cc1ccccc1)Cc1ccccc1. The zero-order valence-corrected chi connectivity index (χ0v) is 15.5. The largest absolute Gasteiger partial charge is 0.396 e. The van der Waals surface area contributed by atoms with Crippen LogP contribution in [0.2, 0.25) is 0 Å². The second kappa shape index (κ2) is 10.0. The average Bonchev–Trinajstić information content (AvgIpc) is 2.73. The molecule has 0 aromatic heterocycles. The van der Waals surface area contributed by atoms with Crippen molar-refractivity contribution in [3.63, 3.8) is 0 Å². The smallest absolute Gasteiger partial charge is 0.0499 e. The van der Waals surface area contributed by atoms with Gasteiger partial charge in [0.1, 0.15) is 0 Å². The molecule has 3 nitrogen and oxygen atoms in total. The van der Waals surface area contributed by atoms with E-state index in [-0.39, 0.29) is 25.2 Å². The third kappa shape index (κ3) is 5.27. The van der Waals surface area contributed by atoms with E-state index >= 15 is 0 Å². The molecule has 1 atom stereocenters. The molecule has 27 heavy (non-hydrogen) atoms. The first kappa shape index (κ1) is 19.3. The van der Waals surface area contributed by atoms with Crippen LogP contribution in [-0.2, 0) is 13.1 Å². The molecule has 0 amide bonds. The van der Waals surface area contributed by atoms with E-state index in [0.717, 1.165) is 18.7 Å². The van der Waals surface area contributed by atoms with Gasteiger partial charge in [0.2, 0.25) is 0 Å². The Balaban J connectivity index is 1.98. The van der Waals surface area contributed by atoms with Crippen LogP contribution in [0.3, 0.4) is 0 Å². The molecule has 1 unspecified atom stereocenters. The second-order valence-electron chi connectivity index (χ2n) is 6.86. The quantitative estimate of drug-likeness (QED) is 0.605. The van der Waals surface area contributed by atoms with E-state index in [9.17, 15) is 10.2 Å². The third-order valence-electron chi connectivity index (χ3n) is 4.91. The minimum Gasteiger partial charge on any atom is -0.396 e. The summed E-state index contributed by atoms with van der Waals surface area (Å²) in [6.45, 7) is 1.36. The van der Waals surface area contributed by atoms with E-state index in [1.165, 1.54) is 11.1 Å². The predicted octanol–water partition coefficient (Wildman–Crippen LogP) is 4.03. The van der Waals surface area contributed by atoms with E-state index in [0.29, 0.717) is 0 Å². The van der Waals surface area contributed by atoms with Crippen LogP contribution in [0.25, 0.3) is 0 Å². The molecular weight excluding hydrogens is 334 g/mol. The molecule has 0 aliphatic carbocycles. The van der Waals surface area contributed by atoms with Crippen molar-refractivity contribution in [2.75, 3.05) is 13.2 Å². The molecule has 3 heteroatoms. The fourth-order valence-electron chi connectivity index (χ4n) is 3.58. The van der Waals surface area contributed by atoms with Gasteiger partial charge < -0.3 is 10.2 Å². The number of nitrogens with zero attached hydrogens (tertiary/aromatic N) is 1. The van der Waals surface area contributed by atoms with Crippen LogP contribution in [-0.4, -0.2) is 28.3 Å². The van der Waals surface area contributed by atoms with Gasteiger partial charge >= 0.3 is 0 Å². The number of aliphatic hydroxyl groups is 2. The summed E-state index contributed by atoms with van der Waals surface area (Å²) >= 11 is 0. The molecule has 140 valence electrons. The molecule has 0 saturated carbocycles. The van der Waals surface area contributed by atoms with E-state index in [4.69, 9.17) is 0 Å². The van der Waals surface area contributed by atoms with Gasteiger partial charge in [-0.3, -0.25) is 4.90 Å². The van der Waals surface area contributed by atoms with Gasteiger partial charge in [-0.25, -0.2) is 0 Å². The summed E-state index contributed by atoms with van der Waals surface area (Å²) in [5.74, 6) is -0.250. The minimum absolute atomic E-state index is 0.0594. The summed E-state index contributed by atoms with van der Waals surface area (Å²) in [5.41, 5.74) is 3.53. The molecular formula is C24H27NO2. The Hall–Kier alpha value is -2.46. The molecule has 0 spiro atoms. The zero-order valence-electron chi connectivity index (χ0n) is 15.5. The topological polar surface area (TPSA) is 43.7 Å².